The summed E-state index contributed by atoms with van der Waals surface area (Å²) in [5.74, 6) is -0.452. The van der Waals surface area contributed by atoms with Crippen LogP contribution in [0.2, 0.25) is 0 Å². The lowest BCUT2D eigenvalue weighted by Crippen LogP contribution is -2.29. The zero-order chi connectivity index (χ0) is 24.1. The van der Waals surface area contributed by atoms with Crippen LogP contribution < -0.4 is 10.9 Å². The highest BCUT2D eigenvalue weighted by Gasteiger charge is 2.12. The number of benzene rings is 2. The highest BCUT2D eigenvalue weighted by Crippen LogP contribution is 2.23. The molecule has 0 unspecified atom stereocenters. The van der Waals surface area contributed by atoms with E-state index in [2.05, 4.69) is 29.2 Å². The number of fused-ring (bicyclic) bond motifs is 1. The van der Waals surface area contributed by atoms with Crippen LogP contribution in [-0.4, -0.2) is 37.0 Å². The predicted molar refractivity (Wildman–Crippen MR) is 131 cm³/mol. The maximum atomic E-state index is 13.9. The minimum Gasteiger partial charge on any atom is -0.354 e. The Bertz CT molecular complexity index is 1350. The van der Waals surface area contributed by atoms with Crippen molar-refractivity contribution in [2.75, 3.05) is 6.54 Å². The van der Waals surface area contributed by atoms with E-state index in [1.807, 2.05) is 24.3 Å². The summed E-state index contributed by atoms with van der Waals surface area (Å²) in [6.45, 7) is 5.12. The quantitative estimate of drug-likeness (QED) is 0.371. The summed E-state index contributed by atoms with van der Waals surface area (Å²) >= 11 is 1.79. The number of rotatable bonds is 9. The second-order valence-corrected chi connectivity index (χ2v) is 9.86. The summed E-state index contributed by atoms with van der Waals surface area (Å²) in [7, 11) is 0. The molecule has 0 atom stereocenters. The van der Waals surface area contributed by atoms with E-state index in [4.69, 9.17) is 0 Å². The molecular formula is C25H26FN5O2S. The molecule has 34 heavy (non-hydrogen) atoms. The van der Waals surface area contributed by atoms with Gasteiger partial charge in [0.1, 0.15) is 17.5 Å². The van der Waals surface area contributed by atoms with E-state index in [9.17, 15) is 14.0 Å². The van der Waals surface area contributed by atoms with Crippen molar-refractivity contribution in [3.05, 3.63) is 88.4 Å². The van der Waals surface area contributed by atoms with Gasteiger partial charge in [-0.1, -0.05) is 44.2 Å². The van der Waals surface area contributed by atoms with Gasteiger partial charge >= 0.3 is 0 Å². The topological polar surface area (TPSA) is 81.8 Å². The molecule has 0 saturated carbocycles. The summed E-state index contributed by atoms with van der Waals surface area (Å²) < 4.78 is 16.9. The number of thioether (sulfide) groups is 1. The van der Waals surface area contributed by atoms with Gasteiger partial charge < -0.3 is 5.32 Å². The van der Waals surface area contributed by atoms with E-state index in [0.29, 0.717) is 41.4 Å². The Hall–Kier alpha value is -3.46. The number of hydrogen-bond acceptors (Lipinski definition) is 5. The standard InChI is InChI=1S/C25H26FN5O2S/c1-17(2)34-20-9-7-18(8-10-20)13-23(32)27-11-12-31-24-21(14-29-31)25(33)30(16-28-24)15-19-5-3-4-6-22(19)26/h3-10,14,16-17H,11-13,15H2,1-2H3,(H,27,32). The average molecular weight is 480 g/mol. The highest BCUT2D eigenvalue weighted by atomic mass is 32.2. The third-order valence-corrected chi connectivity index (χ3v) is 6.24. The summed E-state index contributed by atoms with van der Waals surface area (Å²) in [6, 6.07) is 14.3. The summed E-state index contributed by atoms with van der Waals surface area (Å²) in [5, 5.41) is 8.00. The third-order valence-electron chi connectivity index (χ3n) is 5.23. The summed E-state index contributed by atoms with van der Waals surface area (Å²) in [5.41, 5.74) is 1.51. The van der Waals surface area contributed by atoms with Crippen molar-refractivity contribution in [1.29, 1.82) is 0 Å². The number of amides is 1. The third kappa shape index (κ3) is 5.72. The second kappa shape index (κ2) is 10.6. The van der Waals surface area contributed by atoms with Gasteiger partial charge in [0.25, 0.3) is 5.56 Å². The molecule has 0 aliphatic carbocycles. The van der Waals surface area contributed by atoms with E-state index >= 15 is 0 Å². The first-order valence-electron chi connectivity index (χ1n) is 11.1. The van der Waals surface area contributed by atoms with Crippen molar-refractivity contribution in [3.8, 4) is 0 Å². The molecule has 0 aliphatic heterocycles. The molecule has 1 amide bonds. The smallest absolute Gasteiger partial charge is 0.264 e. The van der Waals surface area contributed by atoms with E-state index in [1.165, 1.54) is 28.1 Å². The summed E-state index contributed by atoms with van der Waals surface area (Å²) in [4.78, 5) is 30.7. The van der Waals surface area contributed by atoms with Crippen LogP contribution in [0.3, 0.4) is 0 Å². The van der Waals surface area contributed by atoms with Crippen molar-refractivity contribution in [1.82, 2.24) is 24.6 Å². The van der Waals surface area contributed by atoms with Gasteiger partial charge in [-0.25, -0.2) is 14.1 Å². The van der Waals surface area contributed by atoms with Gasteiger partial charge in [-0.05, 0) is 23.8 Å². The average Bonchev–Trinajstić information content (AvgIpc) is 3.22. The molecule has 2 aromatic carbocycles. The van der Waals surface area contributed by atoms with Crippen molar-refractivity contribution < 1.29 is 9.18 Å². The van der Waals surface area contributed by atoms with Crippen LogP contribution in [-0.2, 0) is 24.3 Å². The molecule has 0 bridgehead atoms. The minimum atomic E-state index is -0.369. The van der Waals surface area contributed by atoms with Gasteiger partial charge in [0, 0.05) is 22.3 Å². The fourth-order valence-electron chi connectivity index (χ4n) is 3.59. The first-order chi connectivity index (χ1) is 16.4. The number of halogens is 1. The molecule has 1 N–H and O–H groups in total. The van der Waals surface area contributed by atoms with Crippen LogP contribution in [0.1, 0.15) is 25.0 Å². The Labute approximate surface area is 201 Å². The zero-order valence-electron chi connectivity index (χ0n) is 19.1. The lowest BCUT2D eigenvalue weighted by atomic mass is 10.1. The molecule has 0 spiro atoms. The van der Waals surface area contributed by atoms with Crippen molar-refractivity contribution in [2.24, 2.45) is 0 Å². The minimum absolute atomic E-state index is 0.0825. The van der Waals surface area contributed by atoms with Gasteiger partial charge in [0.05, 0.1) is 25.7 Å². The van der Waals surface area contributed by atoms with Crippen LogP contribution in [0, 0.1) is 5.82 Å². The number of aromatic nitrogens is 4. The Morgan fingerprint density at radius 3 is 2.65 bits per heavy atom. The van der Waals surface area contributed by atoms with E-state index in [1.54, 1.807) is 34.6 Å². The number of hydrogen-bond donors (Lipinski definition) is 1. The molecule has 0 saturated heterocycles. The normalized spacial score (nSPS) is 11.3. The second-order valence-electron chi connectivity index (χ2n) is 8.21. The Morgan fingerprint density at radius 1 is 1.15 bits per heavy atom. The molecule has 9 heteroatoms. The molecule has 0 fully saturated rings. The van der Waals surface area contributed by atoms with Crippen molar-refractivity contribution in [2.45, 2.75) is 43.5 Å². The van der Waals surface area contributed by atoms with E-state index < -0.39 is 0 Å². The molecule has 0 radical (unpaired) electrons. The van der Waals surface area contributed by atoms with Crippen LogP contribution in [0.15, 0.2) is 70.7 Å². The number of carbonyl (C=O) groups excluding carboxylic acids is 1. The SMILES string of the molecule is CC(C)Sc1ccc(CC(=O)NCCn2ncc3c(=O)n(Cc4ccccc4F)cnc32)cc1. The van der Waals surface area contributed by atoms with Crippen LogP contribution >= 0.6 is 11.8 Å². The molecule has 0 aliphatic rings. The van der Waals surface area contributed by atoms with Crippen molar-refractivity contribution in [3.63, 3.8) is 0 Å². The van der Waals surface area contributed by atoms with Gasteiger partial charge in [0.2, 0.25) is 5.91 Å². The Balaban J connectivity index is 1.35. The van der Waals surface area contributed by atoms with Gasteiger partial charge in [-0.3, -0.25) is 14.2 Å². The van der Waals surface area contributed by atoms with Crippen molar-refractivity contribution >= 4 is 28.7 Å². The lowest BCUT2D eigenvalue weighted by Gasteiger charge is -2.09. The Kier molecular flexibility index (Phi) is 7.42. The fraction of sp³-hybridized carbons (Fsp3) is 0.280. The van der Waals surface area contributed by atoms with Gasteiger partial charge in [0.15, 0.2) is 5.65 Å². The predicted octanol–water partition coefficient (Wildman–Crippen LogP) is 3.64. The number of carbonyl (C=O) groups is 1. The number of nitrogens with one attached hydrogen (secondary N) is 1. The summed E-state index contributed by atoms with van der Waals surface area (Å²) in [6.07, 6.45) is 3.15. The zero-order valence-corrected chi connectivity index (χ0v) is 19.9. The lowest BCUT2D eigenvalue weighted by molar-refractivity contribution is -0.120. The molecular weight excluding hydrogens is 453 g/mol. The maximum absolute atomic E-state index is 13.9. The van der Waals surface area contributed by atoms with Gasteiger partial charge in [-0.2, -0.15) is 5.10 Å². The maximum Gasteiger partial charge on any atom is 0.264 e. The Morgan fingerprint density at radius 2 is 1.91 bits per heavy atom. The van der Waals surface area contributed by atoms with Crippen LogP contribution in [0.4, 0.5) is 4.39 Å². The molecule has 2 aromatic heterocycles. The molecule has 2 heterocycles. The first kappa shape index (κ1) is 23.7. The molecule has 7 nitrogen and oxygen atoms in total. The highest BCUT2D eigenvalue weighted by molar-refractivity contribution is 7.99. The van der Waals surface area contributed by atoms with Crippen LogP contribution in [0.5, 0.6) is 0 Å². The monoisotopic (exact) mass is 479 g/mol. The molecule has 4 rings (SSSR count). The largest absolute Gasteiger partial charge is 0.354 e. The van der Waals surface area contributed by atoms with Gasteiger partial charge in [-0.15, -0.1) is 11.8 Å². The first-order valence-corrected chi connectivity index (χ1v) is 12.0. The molecule has 176 valence electrons. The van der Waals surface area contributed by atoms with E-state index in [0.717, 1.165) is 5.56 Å². The number of nitrogens with zero attached hydrogens (tertiary/aromatic N) is 4. The van der Waals surface area contributed by atoms with E-state index in [-0.39, 0.29) is 23.8 Å². The fourth-order valence-corrected chi connectivity index (χ4v) is 4.43. The van der Waals surface area contributed by atoms with Crippen LogP contribution in [0.25, 0.3) is 11.0 Å². The molecule has 4 aromatic rings.